The van der Waals surface area contributed by atoms with Crippen molar-refractivity contribution in [1.29, 1.82) is 0 Å². The number of hydrogen-bond donors (Lipinski definition) is 1. The highest BCUT2D eigenvalue weighted by atomic mass is 16.1. The summed E-state index contributed by atoms with van der Waals surface area (Å²) in [5, 5.41) is 0.501. The minimum Gasteiger partial charge on any atom is -0.306 e. The van der Waals surface area contributed by atoms with E-state index in [-0.39, 0.29) is 5.56 Å². The standard InChI is InChI=1S/C17H15N3O/c1-11-5-6-13(10-12(11)2)7-8-15-19-16-14(17(21)20-15)4-3-9-18-16/h3-10H,1-2H3,(H,18,19,20,21)/b8-7+. The molecule has 104 valence electrons. The van der Waals surface area contributed by atoms with Crippen LogP contribution in [0.25, 0.3) is 23.2 Å². The molecule has 0 unspecified atom stereocenters. The molecule has 0 saturated heterocycles. The van der Waals surface area contributed by atoms with Crippen LogP contribution in [-0.2, 0) is 0 Å². The highest BCUT2D eigenvalue weighted by Crippen LogP contribution is 2.12. The lowest BCUT2D eigenvalue weighted by Gasteiger charge is -2.01. The van der Waals surface area contributed by atoms with Gasteiger partial charge in [-0.1, -0.05) is 24.3 Å². The predicted octanol–water partition coefficient (Wildman–Crippen LogP) is 3.11. The summed E-state index contributed by atoms with van der Waals surface area (Å²) in [6.45, 7) is 4.16. The predicted molar refractivity (Wildman–Crippen MR) is 85.0 cm³/mol. The van der Waals surface area contributed by atoms with E-state index in [1.165, 1.54) is 11.1 Å². The summed E-state index contributed by atoms with van der Waals surface area (Å²) >= 11 is 0. The van der Waals surface area contributed by atoms with Gasteiger partial charge in [0.1, 0.15) is 5.82 Å². The fourth-order valence-corrected chi connectivity index (χ4v) is 2.11. The molecule has 0 aliphatic carbocycles. The lowest BCUT2D eigenvalue weighted by Crippen LogP contribution is -2.10. The Morgan fingerprint density at radius 1 is 1.10 bits per heavy atom. The van der Waals surface area contributed by atoms with Gasteiger partial charge in [0.15, 0.2) is 5.65 Å². The first kappa shape index (κ1) is 13.2. The summed E-state index contributed by atoms with van der Waals surface area (Å²) in [5.74, 6) is 0.504. The van der Waals surface area contributed by atoms with Crippen molar-refractivity contribution in [1.82, 2.24) is 15.0 Å². The maximum Gasteiger partial charge on any atom is 0.260 e. The van der Waals surface area contributed by atoms with Crippen molar-refractivity contribution in [3.8, 4) is 0 Å². The average molecular weight is 277 g/mol. The first-order chi connectivity index (χ1) is 10.1. The zero-order valence-electron chi connectivity index (χ0n) is 11.9. The summed E-state index contributed by atoms with van der Waals surface area (Å²) in [4.78, 5) is 23.1. The molecule has 0 saturated carbocycles. The van der Waals surface area contributed by atoms with Crippen LogP contribution in [0.2, 0.25) is 0 Å². The van der Waals surface area contributed by atoms with E-state index in [4.69, 9.17) is 0 Å². The lowest BCUT2D eigenvalue weighted by atomic mass is 10.1. The van der Waals surface area contributed by atoms with Crippen LogP contribution in [0.5, 0.6) is 0 Å². The largest absolute Gasteiger partial charge is 0.306 e. The molecule has 3 rings (SSSR count). The zero-order chi connectivity index (χ0) is 14.8. The van der Waals surface area contributed by atoms with Gasteiger partial charge in [0.2, 0.25) is 0 Å². The third kappa shape index (κ3) is 2.74. The van der Waals surface area contributed by atoms with E-state index >= 15 is 0 Å². The van der Waals surface area contributed by atoms with Gasteiger partial charge >= 0.3 is 0 Å². The molecule has 4 heteroatoms. The van der Waals surface area contributed by atoms with Crippen LogP contribution in [0, 0.1) is 13.8 Å². The highest BCUT2D eigenvalue weighted by Gasteiger charge is 2.01. The van der Waals surface area contributed by atoms with E-state index in [0.717, 1.165) is 5.56 Å². The molecule has 0 radical (unpaired) electrons. The van der Waals surface area contributed by atoms with Gasteiger partial charge in [-0.2, -0.15) is 0 Å². The molecule has 0 fully saturated rings. The number of benzene rings is 1. The Balaban J connectivity index is 1.99. The van der Waals surface area contributed by atoms with Crippen molar-refractivity contribution in [2.75, 3.05) is 0 Å². The monoisotopic (exact) mass is 277 g/mol. The van der Waals surface area contributed by atoms with Gasteiger partial charge in [0.05, 0.1) is 5.39 Å². The van der Waals surface area contributed by atoms with E-state index in [2.05, 4.69) is 40.9 Å². The molecule has 2 aromatic heterocycles. The average Bonchev–Trinajstić information content (AvgIpc) is 2.49. The van der Waals surface area contributed by atoms with Gasteiger partial charge in [0, 0.05) is 6.20 Å². The van der Waals surface area contributed by atoms with Crippen molar-refractivity contribution < 1.29 is 0 Å². The second-order valence-electron chi connectivity index (χ2n) is 5.00. The van der Waals surface area contributed by atoms with Crippen molar-refractivity contribution in [3.63, 3.8) is 0 Å². The fourth-order valence-electron chi connectivity index (χ4n) is 2.11. The Morgan fingerprint density at radius 3 is 2.76 bits per heavy atom. The van der Waals surface area contributed by atoms with Gasteiger partial charge in [-0.3, -0.25) is 4.79 Å². The van der Waals surface area contributed by atoms with E-state index in [1.54, 1.807) is 24.4 Å². The molecule has 21 heavy (non-hydrogen) atoms. The van der Waals surface area contributed by atoms with Gasteiger partial charge in [-0.05, 0) is 48.7 Å². The maximum atomic E-state index is 11.9. The van der Waals surface area contributed by atoms with Crippen LogP contribution in [0.15, 0.2) is 41.3 Å². The summed E-state index contributed by atoms with van der Waals surface area (Å²) in [6, 6.07) is 9.65. The first-order valence-electron chi connectivity index (χ1n) is 6.74. The van der Waals surface area contributed by atoms with Gasteiger partial charge < -0.3 is 4.98 Å². The first-order valence-corrected chi connectivity index (χ1v) is 6.74. The van der Waals surface area contributed by atoms with Crippen molar-refractivity contribution in [2.45, 2.75) is 13.8 Å². The fraction of sp³-hybridized carbons (Fsp3) is 0.118. The third-order valence-corrected chi connectivity index (χ3v) is 3.46. The molecule has 0 amide bonds. The third-order valence-electron chi connectivity index (χ3n) is 3.46. The van der Waals surface area contributed by atoms with E-state index in [0.29, 0.717) is 16.9 Å². The zero-order valence-corrected chi connectivity index (χ0v) is 11.9. The van der Waals surface area contributed by atoms with Crippen molar-refractivity contribution >= 4 is 23.2 Å². The van der Waals surface area contributed by atoms with Gasteiger partial charge in [-0.15, -0.1) is 0 Å². The Kier molecular flexibility index (Phi) is 3.36. The van der Waals surface area contributed by atoms with Gasteiger partial charge in [0.25, 0.3) is 5.56 Å². The number of aryl methyl sites for hydroxylation is 2. The molecular formula is C17H15N3O. The number of aromatic amines is 1. The number of fused-ring (bicyclic) bond motifs is 1. The van der Waals surface area contributed by atoms with Crippen LogP contribution < -0.4 is 5.56 Å². The normalized spacial score (nSPS) is 11.3. The van der Waals surface area contributed by atoms with Gasteiger partial charge in [-0.25, -0.2) is 9.97 Å². The topological polar surface area (TPSA) is 58.6 Å². The molecule has 0 spiro atoms. The smallest absolute Gasteiger partial charge is 0.260 e. The van der Waals surface area contributed by atoms with Crippen LogP contribution >= 0.6 is 0 Å². The van der Waals surface area contributed by atoms with E-state index in [9.17, 15) is 4.79 Å². The summed E-state index contributed by atoms with van der Waals surface area (Å²) < 4.78 is 0. The minimum atomic E-state index is -0.173. The Bertz CT molecular complexity index is 894. The summed E-state index contributed by atoms with van der Waals surface area (Å²) in [6.07, 6.45) is 5.35. The van der Waals surface area contributed by atoms with Crippen LogP contribution in [-0.4, -0.2) is 15.0 Å². The van der Waals surface area contributed by atoms with Crippen LogP contribution in [0.1, 0.15) is 22.5 Å². The Morgan fingerprint density at radius 2 is 1.95 bits per heavy atom. The minimum absolute atomic E-state index is 0.173. The molecule has 1 N–H and O–H groups in total. The molecule has 2 heterocycles. The van der Waals surface area contributed by atoms with Crippen molar-refractivity contribution in [3.05, 3.63) is 69.4 Å². The highest BCUT2D eigenvalue weighted by molar-refractivity contribution is 5.75. The quantitative estimate of drug-likeness (QED) is 0.783. The number of nitrogens with zero attached hydrogens (tertiary/aromatic N) is 2. The summed E-state index contributed by atoms with van der Waals surface area (Å²) in [7, 11) is 0. The number of hydrogen-bond acceptors (Lipinski definition) is 3. The molecule has 0 atom stereocenters. The lowest BCUT2D eigenvalue weighted by molar-refractivity contribution is 1.11. The van der Waals surface area contributed by atoms with E-state index in [1.807, 2.05) is 12.1 Å². The van der Waals surface area contributed by atoms with Crippen molar-refractivity contribution in [2.24, 2.45) is 0 Å². The molecular weight excluding hydrogens is 262 g/mol. The summed E-state index contributed by atoms with van der Waals surface area (Å²) in [5.41, 5.74) is 3.85. The Labute approximate surface area is 122 Å². The number of H-pyrrole nitrogens is 1. The molecule has 0 bridgehead atoms. The molecule has 0 aliphatic rings. The number of pyridine rings is 1. The number of rotatable bonds is 2. The molecule has 1 aromatic carbocycles. The second-order valence-corrected chi connectivity index (χ2v) is 5.00. The van der Waals surface area contributed by atoms with Crippen LogP contribution in [0.3, 0.4) is 0 Å². The molecule has 0 aliphatic heterocycles. The molecule has 3 aromatic rings. The number of aromatic nitrogens is 3. The van der Waals surface area contributed by atoms with E-state index < -0.39 is 0 Å². The van der Waals surface area contributed by atoms with Crippen LogP contribution in [0.4, 0.5) is 0 Å². The Hall–Kier alpha value is -2.75. The SMILES string of the molecule is Cc1ccc(/C=C/c2nc3ncccc3c(=O)[nH]2)cc1C. The maximum absolute atomic E-state index is 11.9. The molecule has 4 nitrogen and oxygen atoms in total. The number of nitrogens with one attached hydrogen (secondary N) is 1. The second kappa shape index (κ2) is 5.32.